The van der Waals surface area contributed by atoms with Crippen LogP contribution in [0.25, 0.3) is 0 Å². The van der Waals surface area contributed by atoms with Crippen LogP contribution in [0.3, 0.4) is 0 Å². The van der Waals surface area contributed by atoms with Crippen molar-refractivity contribution in [1.29, 1.82) is 0 Å². The minimum Gasteiger partial charge on any atom is -0.462 e. The van der Waals surface area contributed by atoms with Crippen LogP contribution in [0.15, 0.2) is 11.2 Å². The van der Waals surface area contributed by atoms with Crippen molar-refractivity contribution in [1.82, 2.24) is 14.5 Å². The molecule has 1 aromatic rings. The lowest BCUT2D eigenvalue weighted by Gasteiger charge is -2.15. The minimum absolute atomic E-state index is 0.0425. The van der Waals surface area contributed by atoms with Crippen LogP contribution in [0.2, 0.25) is 0 Å². The second kappa shape index (κ2) is 5.53. The molecule has 1 aliphatic rings. The summed E-state index contributed by atoms with van der Waals surface area (Å²) in [5.74, 6) is -0.0994. The van der Waals surface area contributed by atoms with Crippen molar-refractivity contribution < 1.29 is 17.9 Å². The maximum absolute atomic E-state index is 12.6. The number of H-pyrrole nitrogens is 1. The van der Waals surface area contributed by atoms with Gasteiger partial charge in [0.15, 0.2) is 5.03 Å². The highest BCUT2D eigenvalue weighted by Gasteiger charge is 2.38. The summed E-state index contributed by atoms with van der Waals surface area (Å²) in [5, 5.41) is 5.90. The van der Waals surface area contributed by atoms with E-state index in [1.807, 2.05) is 13.8 Å². The SMILES string of the molecule is CCOC(=O)c1cn[nH]c1S(=O)(=O)N1CC(C)C(C)C1. The number of esters is 1. The molecule has 8 heteroatoms. The van der Waals surface area contributed by atoms with E-state index in [1.54, 1.807) is 6.92 Å². The van der Waals surface area contributed by atoms with Gasteiger partial charge in [-0.2, -0.15) is 9.40 Å². The van der Waals surface area contributed by atoms with Crippen LogP contribution in [0.5, 0.6) is 0 Å². The molecule has 1 saturated heterocycles. The number of aromatic nitrogens is 2. The molecule has 7 nitrogen and oxygen atoms in total. The van der Waals surface area contributed by atoms with Crippen molar-refractivity contribution in [3.63, 3.8) is 0 Å². The lowest BCUT2D eigenvalue weighted by atomic mass is 10.0. The van der Waals surface area contributed by atoms with Crippen LogP contribution < -0.4 is 0 Å². The van der Waals surface area contributed by atoms with Gasteiger partial charge in [0.2, 0.25) is 0 Å². The predicted octanol–water partition coefficient (Wildman–Crippen LogP) is 0.863. The lowest BCUT2D eigenvalue weighted by Crippen LogP contribution is -2.30. The van der Waals surface area contributed by atoms with Crippen LogP contribution in [0, 0.1) is 11.8 Å². The number of nitrogens with zero attached hydrogens (tertiary/aromatic N) is 2. The zero-order valence-corrected chi connectivity index (χ0v) is 12.6. The quantitative estimate of drug-likeness (QED) is 0.833. The van der Waals surface area contributed by atoms with E-state index in [1.165, 1.54) is 10.5 Å². The Kier molecular flexibility index (Phi) is 4.14. The van der Waals surface area contributed by atoms with Crippen molar-refractivity contribution >= 4 is 16.0 Å². The van der Waals surface area contributed by atoms with Gasteiger partial charge in [-0.05, 0) is 18.8 Å². The predicted molar refractivity (Wildman–Crippen MR) is 71.6 cm³/mol. The Labute approximate surface area is 118 Å². The van der Waals surface area contributed by atoms with Gasteiger partial charge in [0.05, 0.1) is 12.8 Å². The number of rotatable bonds is 4. The Hall–Kier alpha value is -1.41. The van der Waals surface area contributed by atoms with E-state index in [0.717, 1.165) is 0 Å². The fourth-order valence-corrected chi connectivity index (χ4v) is 3.93. The zero-order chi connectivity index (χ0) is 14.9. The normalized spacial score (nSPS) is 23.9. The van der Waals surface area contributed by atoms with E-state index in [0.29, 0.717) is 24.9 Å². The van der Waals surface area contributed by atoms with Crippen molar-refractivity contribution in [2.75, 3.05) is 19.7 Å². The number of carbonyl (C=O) groups excluding carboxylic acids is 1. The Morgan fingerprint density at radius 2 is 2.05 bits per heavy atom. The largest absolute Gasteiger partial charge is 0.462 e. The topological polar surface area (TPSA) is 92.4 Å². The average Bonchev–Trinajstić information content (AvgIpc) is 2.98. The summed E-state index contributed by atoms with van der Waals surface area (Å²) in [6.45, 7) is 6.77. The number of aromatic amines is 1. The van der Waals surface area contributed by atoms with Gasteiger partial charge in [0, 0.05) is 13.1 Å². The van der Waals surface area contributed by atoms with E-state index in [9.17, 15) is 13.2 Å². The summed E-state index contributed by atoms with van der Waals surface area (Å²) in [4.78, 5) is 11.8. The van der Waals surface area contributed by atoms with Gasteiger partial charge < -0.3 is 4.74 Å². The number of ether oxygens (including phenoxy) is 1. The lowest BCUT2D eigenvalue weighted by molar-refractivity contribution is 0.0521. The monoisotopic (exact) mass is 301 g/mol. The molecule has 2 unspecified atom stereocenters. The zero-order valence-electron chi connectivity index (χ0n) is 11.8. The number of sulfonamides is 1. The Balaban J connectivity index is 2.32. The molecule has 0 radical (unpaired) electrons. The van der Waals surface area contributed by atoms with E-state index < -0.39 is 16.0 Å². The smallest absolute Gasteiger partial charge is 0.342 e. The second-order valence-corrected chi connectivity index (χ2v) is 6.98. The molecule has 0 spiro atoms. The van der Waals surface area contributed by atoms with Crippen LogP contribution in [0.1, 0.15) is 31.1 Å². The summed E-state index contributed by atoms with van der Waals surface area (Å²) < 4.78 is 31.4. The minimum atomic E-state index is -3.74. The molecule has 2 heterocycles. The third kappa shape index (κ3) is 2.57. The maximum Gasteiger partial charge on any atom is 0.342 e. The van der Waals surface area contributed by atoms with E-state index in [2.05, 4.69) is 10.2 Å². The van der Waals surface area contributed by atoms with Crippen LogP contribution in [0.4, 0.5) is 0 Å². The molecular formula is C12H19N3O4S. The molecule has 1 fully saturated rings. The third-order valence-electron chi connectivity index (χ3n) is 3.65. The van der Waals surface area contributed by atoms with E-state index in [4.69, 9.17) is 4.74 Å². The van der Waals surface area contributed by atoms with Gasteiger partial charge in [-0.1, -0.05) is 13.8 Å². The molecular weight excluding hydrogens is 282 g/mol. The molecule has 20 heavy (non-hydrogen) atoms. The number of carbonyl (C=O) groups is 1. The molecule has 0 amide bonds. The van der Waals surface area contributed by atoms with Gasteiger partial charge in [0.25, 0.3) is 10.0 Å². The summed E-state index contributed by atoms with van der Waals surface area (Å²) in [7, 11) is -3.74. The van der Waals surface area contributed by atoms with Crippen molar-refractivity contribution in [2.24, 2.45) is 11.8 Å². The molecule has 112 valence electrons. The first-order chi connectivity index (χ1) is 9.37. The van der Waals surface area contributed by atoms with Crippen molar-refractivity contribution in [2.45, 2.75) is 25.8 Å². The molecule has 0 saturated carbocycles. The van der Waals surface area contributed by atoms with Gasteiger partial charge in [-0.3, -0.25) is 5.10 Å². The molecule has 2 rings (SSSR count). The highest BCUT2D eigenvalue weighted by molar-refractivity contribution is 7.89. The van der Waals surface area contributed by atoms with Crippen LogP contribution in [-0.4, -0.2) is 48.6 Å². The van der Waals surface area contributed by atoms with E-state index in [-0.39, 0.29) is 17.2 Å². The standard InChI is InChI=1S/C12H19N3O4S/c1-4-19-12(16)10-5-13-14-11(10)20(17,18)15-6-8(2)9(3)7-15/h5,8-9H,4,6-7H2,1-3H3,(H,13,14). The first-order valence-electron chi connectivity index (χ1n) is 6.58. The molecule has 0 aliphatic carbocycles. The molecule has 2 atom stereocenters. The molecule has 1 N–H and O–H groups in total. The highest BCUT2D eigenvalue weighted by Crippen LogP contribution is 2.28. The Bertz CT molecular complexity index is 586. The number of hydrogen-bond donors (Lipinski definition) is 1. The van der Waals surface area contributed by atoms with Gasteiger partial charge >= 0.3 is 5.97 Å². The number of hydrogen-bond acceptors (Lipinski definition) is 5. The fraction of sp³-hybridized carbons (Fsp3) is 0.667. The first-order valence-corrected chi connectivity index (χ1v) is 8.02. The highest BCUT2D eigenvalue weighted by atomic mass is 32.2. The van der Waals surface area contributed by atoms with Gasteiger partial charge in [-0.25, -0.2) is 13.2 Å². The summed E-state index contributed by atoms with van der Waals surface area (Å²) >= 11 is 0. The first kappa shape index (κ1) is 15.0. The third-order valence-corrected chi connectivity index (χ3v) is 5.46. The van der Waals surface area contributed by atoms with Crippen LogP contribution in [-0.2, 0) is 14.8 Å². The second-order valence-electron chi connectivity index (χ2n) is 5.11. The maximum atomic E-state index is 12.6. The van der Waals surface area contributed by atoms with E-state index >= 15 is 0 Å². The summed E-state index contributed by atoms with van der Waals surface area (Å²) in [6, 6.07) is 0. The Morgan fingerprint density at radius 1 is 1.45 bits per heavy atom. The average molecular weight is 301 g/mol. The molecule has 0 bridgehead atoms. The van der Waals surface area contributed by atoms with Crippen LogP contribution >= 0.6 is 0 Å². The summed E-state index contributed by atoms with van der Waals surface area (Å²) in [5.41, 5.74) is -0.0425. The number of nitrogens with one attached hydrogen (secondary N) is 1. The molecule has 1 aromatic heterocycles. The van der Waals surface area contributed by atoms with Gasteiger partial charge in [-0.15, -0.1) is 0 Å². The van der Waals surface area contributed by atoms with Crippen molar-refractivity contribution in [3.05, 3.63) is 11.8 Å². The Morgan fingerprint density at radius 3 is 2.60 bits per heavy atom. The fourth-order valence-electron chi connectivity index (χ4n) is 2.23. The van der Waals surface area contributed by atoms with Gasteiger partial charge in [0.1, 0.15) is 5.56 Å². The molecule has 1 aliphatic heterocycles. The summed E-state index contributed by atoms with van der Waals surface area (Å²) in [6.07, 6.45) is 1.19. The molecule has 0 aromatic carbocycles. The van der Waals surface area contributed by atoms with Crippen molar-refractivity contribution in [3.8, 4) is 0 Å².